The SMILES string of the molecule is CN(C)C=O.COc1ccccc1-c1nnc(SCC(=O)Nc2cc(S(=O)(=O)N3CCOCC3)ccc2Cl)n1N. The molecule has 0 aliphatic carbocycles. The minimum atomic E-state index is -3.74. The van der Waals surface area contributed by atoms with Gasteiger partial charge in [-0.25, -0.2) is 13.1 Å². The molecule has 0 bridgehead atoms. The number of morpholine rings is 1. The number of nitrogens with zero attached hydrogens (tertiary/aromatic N) is 5. The number of nitrogen functional groups attached to an aromatic ring is 1. The number of rotatable bonds is 9. The summed E-state index contributed by atoms with van der Waals surface area (Å²) in [7, 11) is 1.18. The predicted molar refractivity (Wildman–Crippen MR) is 152 cm³/mol. The molecule has 1 saturated heterocycles. The van der Waals surface area contributed by atoms with E-state index < -0.39 is 15.9 Å². The first-order valence-electron chi connectivity index (χ1n) is 11.8. The highest BCUT2D eigenvalue weighted by Gasteiger charge is 2.27. The van der Waals surface area contributed by atoms with Crippen LogP contribution in [0.15, 0.2) is 52.5 Å². The Labute approximate surface area is 241 Å². The molecule has 2 amide bonds. The van der Waals surface area contributed by atoms with Crippen molar-refractivity contribution in [3.05, 3.63) is 47.5 Å². The van der Waals surface area contributed by atoms with E-state index in [1.807, 2.05) is 12.1 Å². The fourth-order valence-electron chi connectivity index (χ4n) is 3.40. The van der Waals surface area contributed by atoms with Crippen LogP contribution in [0.4, 0.5) is 5.69 Å². The number of benzene rings is 2. The third kappa shape index (κ3) is 7.85. The Balaban J connectivity index is 0.000000810. The molecule has 0 spiro atoms. The van der Waals surface area contributed by atoms with Crippen LogP contribution in [0.25, 0.3) is 11.4 Å². The Bertz CT molecular complexity index is 1430. The number of anilines is 1. The number of sulfonamides is 1. The first kappa shape index (κ1) is 31.2. The monoisotopic (exact) mass is 611 g/mol. The highest BCUT2D eigenvalue weighted by Crippen LogP contribution is 2.30. The molecule has 1 fully saturated rings. The van der Waals surface area contributed by atoms with E-state index in [0.717, 1.165) is 18.2 Å². The van der Waals surface area contributed by atoms with Gasteiger partial charge in [-0.3, -0.25) is 9.59 Å². The van der Waals surface area contributed by atoms with E-state index >= 15 is 0 Å². The summed E-state index contributed by atoms with van der Waals surface area (Å²) in [6, 6.07) is 11.4. The second kappa shape index (κ2) is 14.3. The Morgan fingerprint density at radius 1 is 1.23 bits per heavy atom. The molecule has 0 unspecified atom stereocenters. The number of carbonyl (C=O) groups excluding carboxylic acids is 2. The van der Waals surface area contributed by atoms with Crippen molar-refractivity contribution in [3.8, 4) is 17.1 Å². The zero-order valence-corrected chi connectivity index (χ0v) is 24.5. The molecule has 0 radical (unpaired) electrons. The molecule has 1 aliphatic heterocycles. The molecule has 4 rings (SSSR count). The minimum absolute atomic E-state index is 0.0369. The Hall–Kier alpha value is -3.37. The van der Waals surface area contributed by atoms with Crippen LogP contribution in [0, 0.1) is 0 Å². The zero-order valence-electron chi connectivity index (χ0n) is 22.1. The maximum atomic E-state index is 12.9. The standard InChI is InChI=1S/C21H23ClN6O5S2.C3H7NO/c1-32-18-5-3-2-4-15(18)20-25-26-21(28(20)23)34-13-19(29)24-17-12-14(6-7-16(17)22)35(30,31)27-8-10-33-11-9-27;1-4(2)3-5/h2-7,12H,8-11,13,23H2,1H3,(H,24,29);3H,1-2H3. The van der Waals surface area contributed by atoms with Gasteiger partial charge < -0.3 is 25.5 Å². The van der Waals surface area contributed by atoms with E-state index in [1.165, 1.54) is 32.1 Å². The summed E-state index contributed by atoms with van der Waals surface area (Å²) in [6.45, 7) is 1.19. The van der Waals surface area contributed by atoms with Gasteiger partial charge in [0.25, 0.3) is 0 Å². The Morgan fingerprint density at radius 2 is 1.90 bits per heavy atom. The molecular weight excluding hydrogens is 582 g/mol. The first-order valence-corrected chi connectivity index (χ1v) is 14.6. The number of nitrogens with one attached hydrogen (secondary N) is 1. The van der Waals surface area contributed by atoms with Gasteiger partial charge in [0.15, 0.2) is 5.82 Å². The molecule has 3 N–H and O–H groups in total. The van der Waals surface area contributed by atoms with Crippen LogP contribution in [-0.2, 0) is 24.3 Å². The molecule has 3 aromatic rings. The van der Waals surface area contributed by atoms with E-state index in [4.69, 9.17) is 26.9 Å². The summed E-state index contributed by atoms with van der Waals surface area (Å²) in [6.07, 6.45) is 0.750. The van der Waals surface area contributed by atoms with Crippen molar-refractivity contribution in [1.29, 1.82) is 0 Å². The number of hydrogen-bond donors (Lipinski definition) is 2. The van der Waals surface area contributed by atoms with Crippen LogP contribution in [0.2, 0.25) is 5.02 Å². The topological polar surface area (TPSA) is 162 Å². The van der Waals surface area contributed by atoms with Crippen LogP contribution in [0.3, 0.4) is 0 Å². The number of thioether (sulfide) groups is 1. The highest BCUT2D eigenvalue weighted by atomic mass is 35.5. The summed E-state index contributed by atoms with van der Waals surface area (Å²) >= 11 is 7.28. The van der Waals surface area contributed by atoms with Crippen molar-refractivity contribution in [1.82, 2.24) is 24.1 Å². The largest absolute Gasteiger partial charge is 0.496 e. The average Bonchev–Trinajstić information content (AvgIpc) is 3.33. The zero-order chi connectivity index (χ0) is 29.3. The first-order chi connectivity index (χ1) is 19.1. The van der Waals surface area contributed by atoms with Gasteiger partial charge >= 0.3 is 0 Å². The van der Waals surface area contributed by atoms with Crippen molar-refractivity contribution in [3.63, 3.8) is 0 Å². The fourth-order valence-corrected chi connectivity index (χ4v) is 5.66. The summed E-state index contributed by atoms with van der Waals surface area (Å²) in [4.78, 5) is 23.5. The van der Waals surface area contributed by atoms with E-state index in [1.54, 1.807) is 33.3 Å². The van der Waals surface area contributed by atoms with E-state index in [9.17, 15) is 18.0 Å². The minimum Gasteiger partial charge on any atom is -0.496 e. The molecule has 2 heterocycles. The normalized spacial score (nSPS) is 13.6. The lowest BCUT2D eigenvalue weighted by Gasteiger charge is -2.26. The number of hydrogen-bond acceptors (Lipinski definition) is 10. The van der Waals surface area contributed by atoms with Gasteiger partial charge in [-0.1, -0.05) is 35.5 Å². The second-order valence-electron chi connectivity index (χ2n) is 8.44. The number of halogens is 1. The summed E-state index contributed by atoms with van der Waals surface area (Å²) in [5.41, 5.74) is 0.849. The highest BCUT2D eigenvalue weighted by molar-refractivity contribution is 7.99. The lowest BCUT2D eigenvalue weighted by molar-refractivity contribution is -0.116. The van der Waals surface area contributed by atoms with Gasteiger partial charge in [-0.05, 0) is 30.3 Å². The van der Waals surface area contributed by atoms with Crippen molar-refractivity contribution < 1.29 is 27.5 Å². The molecular formula is C24H30ClN7O6S2. The maximum absolute atomic E-state index is 12.9. The van der Waals surface area contributed by atoms with Gasteiger partial charge in [0, 0.05) is 27.2 Å². The quantitative estimate of drug-likeness (QED) is 0.207. The van der Waals surface area contributed by atoms with E-state index in [2.05, 4.69) is 15.5 Å². The number of para-hydroxylation sites is 1. The van der Waals surface area contributed by atoms with Crippen molar-refractivity contribution in [2.24, 2.45) is 0 Å². The van der Waals surface area contributed by atoms with Gasteiger partial charge in [-0.15, -0.1) is 10.2 Å². The van der Waals surface area contributed by atoms with Crippen molar-refractivity contribution in [2.45, 2.75) is 10.1 Å². The number of nitrogens with two attached hydrogens (primary N) is 1. The molecule has 216 valence electrons. The van der Waals surface area contributed by atoms with Crippen molar-refractivity contribution in [2.75, 3.05) is 64.4 Å². The van der Waals surface area contributed by atoms with E-state index in [-0.39, 0.29) is 34.4 Å². The molecule has 0 saturated carbocycles. The van der Waals surface area contributed by atoms with Crippen LogP contribution in [0.1, 0.15) is 0 Å². The van der Waals surface area contributed by atoms with Gasteiger partial charge in [-0.2, -0.15) is 4.31 Å². The molecule has 13 nitrogen and oxygen atoms in total. The van der Waals surface area contributed by atoms with Crippen molar-refractivity contribution >= 4 is 51.4 Å². The third-order valence-corrected chi connectivity index (χ3v) is 8.54. The van der Waals surface area contributed by atoms with Gasteiger partial charge in [0.2, 0.25) is 27.5 Å². The average molecular weight is 612 g/mol. The lowest BCUT2D eigenvalue weighted by atomic mass is 10.2. The molecule has 40 heavy (non-hydrogen) atoms. The van der Waals surface area contributed by atoms with E-state index in [0.29, 0.717) is 35.5 Å². The van der Waals surface area contributed by atoms with Crippen LogP contribution in [0.5, 0.6) is 5.75 Å². The second-order valence-corrected chi connectivity index (χ2v) is 11.7. The van der Waals surface area contributed by atoms with Crippen LogP contribution < -0.4 is 15.9 Å². The number of methoxy groups -OCH3 is 1. The Kier molecular flexibility index (Phi) is 11.2. The summed E-state index contributed by atoms with van der Waals surface area (Å²) < 4.78 is 39.0. The molecule has 1 aliphatic rings. The van der Waals surface area contributed by atoms with Gasteiger partial charge in [0.1, 0.15) is 5.75 Å². The van der Waals surface area contributed by atoms with Crippen LogP contribution in [-0.4, -0.2) is 98.1 Å². The smallest absolute Gasteiger partial charge is 0.243 e. The molecule has 0 atom stereocenters. The predicted octanol–water partition coefficient (Wildman–Crippen LogP) is 1.78. The fraction of sp³-hybridized carbons (Fsp3) is 0.333. The van der Waals surface area contributed by atoms with Crippen LogP contribution >= 0.6 is 23.4 Å². The summed E-state index contributed by atoms with van der Waals surface area (Å²) in [5.74, 6) is 6.64. The number of carbonyl (C=O) groups is 2. The summed E-state index contributed by atoms with van der Waals surface area (Å²) in [5, 5.41) is 11.3. The third-order valence-electron chi connectivity index (χ3n) is 5.38. The Morgan fingerprint density at radius 3 is 2.55 bits per heavy atom. The maximum Gasteiger partial charge on any atom is 0.243 e. The van der Waals surface area contributed by atoms with Gasteiger partial charge in [0.05, 0.1) is 47.2 Å². The lowest BCUT2D eigenvalue weighted by Crippen LogP contribution is -2.40. The molecule has 16 heteroatoms. The number of aromatic nitrogens is 3. The number of amides is 2. The molecule has 2 aromatic carbocycles. The molecule has 1 aromatic heterocycles. The number of ether oxygens (including phenoxy) is 2.